The Hall–Kier alpha value is -10.8. The fraction of sp³-hybridized carbons (Fsp3) is 0.172. The van der Waals surface area contributed by atoms with E-state index >= 15 is 0 Å². The molecule has 412 valence electrons. The molecule has 10 heterocycles. The van der Waals surface area contributed by atoms with E-state index in [0.29, 0.717) is 0 Å². The van der Waals surface area contributed by atoms with Crippen LogP contribution in [0, 0.1) is 34.6 Å². The summed E-state index contributed by atoms with van der Waals surface area (Å²) in [4.78, 5) is 36.2. The normalized spacial score (nSPS) is 9.60. The van der Waals surface area contributed by atoms with Gasteiger partial charge in [-0.2, -0.15) is 15.0 Å². The SMILES string of the molecule is Cc1ccncc1.Cc1ccncn1.Cc1cnc2ccccc2c1.Cc1cnncn1.Cc1ncncn1.Cn1ccc2ccccc21.Cn1cnc2ccccc21.Cn1cnnn1.Cn1ncc2ccccc21.Cn1ncnn1. The zero-order chi connectivity index (χ0) is 57.9. The van der Waals surface area contributed by atoms with Crippen LogP contribution in [0.5, 0.6) is 0 Å². The lowest BCUT2D eigenvalue weighted by Crippen LogP contribution is -1.90. The molecule has 0 amide bonds. The molecule has 14 aromatic rings. The van der Waals surface area contributed by atoms with Crippen LogP contribution >= 0.6 is 0 Å². The molecular weight excluding hydrogens is 1020 g/mol. The summed E-state index contributed by atoms with van der Waals surface area (Å²) in [5.74, 6) is 0.759. The lowest BCUT2D eigenvalue weighted by Gasteiger charge is -1.95. The lowest BCUT2D eigenvalue weighted by atomic mass is 10.2. The zero-order valence-corrected chi connectivity index (χ0v) is 47.0. The number of tetrazole rings is 2. The fourth-order valence-electron chi connectivity index (χ4n) is 6.39. The number of rotatable bonds is 0. The Morgan fingerprint density at radius 2 is 1.02 bits per heavy atom. The summed E-state index contributed by atoms with van der Waals surface area (Å²) in [5.41, 5.74) is 10.2. The third-order valence-electron chi connectivity index (χ3n) is 10.5. The topological polar surface area (TPSA) is 257 Å². The summed E-state index contributed by atoms with van der Waals surface area (Å²) in [7, 11) is 9.48. The van der Waals surface area contributed by atoms with E-state index in [1.807, 2.05) is 136 Å². The van der Waals surface area contributed by atoms with Crippen LogP contribution < -0.4 is 0 Å². The number of imidazole rings is 1. The molecule has 0 bridgehead atoms. The number of aryl methyl sites for hydroxylation is 10. The van der Waals surface area contributed by atoms with Crippen LogP contribution in [0.1, 0.15) is 28.3 Å². The lowest BCUT2D eigenvalue weighted by molar-refractivity contribution is 0.630. The number of para-hydroxylation sites is 5. The van der Waals surface area contributed by atoms with Crippen LogP contribution in [0.15, 0.2) is 215 Å². The summed E-state index contributed by atoms with van der Waals surface area (Å²) in [5, 5.41) is 35.6. The van der Waals surface area contributed by atoms with E-state index in [9.17, 15) is 0 Å². The van der Waals surface area contributed by atoms with E-state index in [1.54, 1.807) is 38.9 Å². The molecular formula is C58H65N23. The maximum atomic E-state index is 4.28. The molecule has 0 aliphatic heterocycles. The van der Waals surface area contributed by atoms with Crippen molar-refractivity contribution in [2.24, 2.45) is 35.2 Å². The summed E-state index contributed by atoms with van der Waals surface area (Å²) in [6.45, 7) is 9.72. The van der Waals surface area contributed by atoms with Crippen LogP contribution in [0.2, 0.25) is 0 Å². The van der Waals surface area contributed by atoms with Gasteiger partial charge in [-0.15, -0.1) is 20.4 Å². The number of nitrogens with zero attached hydrogens (tertiary/aromatic N) is 23. The largest absolute Gasteiger partial charge is 0.351 e. The Morgan fingerprint density at radius 3 is 1.51 bits per heavy atom. The Kier molecular flexibility index (Phi) is 26.2. The maximum absolute atomic E-state index is 4.28. The number of aromatic nitrogens is 23. The first kappa shape index (κ1) is 61.0. The van der Waals surface area contributed by atoms with Crippen molar-refractivity contribution in [1.82, 2.24) is 114 Å². The van der Waals surface area contributed by atoms with Crippen molar-refractivity contribution in [2.45, 2.75) is 34.6 Å². The van der Waals surface area contributed by atoms with Gasteiger partial charge in [-0.25, -0.2) is 39.6 Å². The van der Waals surface area contributed by atoms with Crippen molar-refractivity contribution in [3.63, 3.8) is 0 Å². The van der Waals surface area contributed by atoms with Gasteiger partial charge in [0, 0.05) is 81.2 Å². The summed E-state index contributed by atoms with van der Waals surface area (Å²) < 4.78 is 7.53. The Labute approximate surface area is 469 Å². The Morgan fingerprint density at radius 1 is 0.383 bits per heavy atom. The second kappa shape index (κ2) is 34.7. The van der Waals surface area contributed by atoms with E-state index in [4.69, 9.17) is 0 Å². The third kappa shape index (κ3) is 23.5. The van der Waals surface area contributed by atoms with E-state index in [1.165, 1.54) is 91.3 Å². The van der Waals surface area contributed by atoms with Gasteiger partial charge in [0.15, 0.2) is 6.33 Å². The maximum Gasteiger partial charge on any atom is 0.162 e. The van der Waals surface area contributed by atoms with Gasteiger partial charge in [0.05, 0.1) is 53.5 Å². The fourth-order valence-corrected chi connectivity index (χ4v) is 6.39. The number of pyridine rings is 2. The van der Waals surface area contributed by atoms with Gasteiger partial charge in [-0.3, -0.25) is 14.6 Å². The highest BCUT2D eigenvalue weighted by Gasteiger charge is 1.96. The smallest absolute Gasteiger partial charge is 0.162 e. The number of hydrogen-bond donors (Lipinski definition) is 0. The van der Waals surface area contributed by atoms with E-state index in [2.05, 4.69) is 176 Å². The van der Waals surface area contributed by atoms with E-state index in [0.717, 1.165) is 28.2 Å². The highest BCUT2D eigenvalue weighted by Crippen LogP contribution is 2.14. The average molecular weight is 1080 g/mol. The molecule has 23 nitrogen and oxygen atoms in total. The van der Waals surface area contributed by atoms with Crippen molar-refractivity contribution >= 4 is 43.7 Å². The first-order valence-corrected chi connectivity index (χ1v) is 25.0. The second-order valence-corrected chi connectivity index (χ2v) is 17.1. The monoisotopic (exact) mass is 1080 g/mol. The summed E-state index contributed by atoms with van der Waals surface area (Å²) in [6.07, 6.45) is 23.4. The molecule has 0 saturated heterocycles. The molecule has 0 radical (unpaired) electrons. The molecule has 0 aliphatic carbocycles. The van der Waals surface area contributed by atoms with Gasteiger partial charge in [0.25, 0.3) is 0 Å². The second-order valence-electron chi connectivity index (χ2n) is 17.1. The molecule has 81 heavy (non-hydrogen) atoms. The van der Waals surface area contributed by atoms with Gasteiger partial charge in [0.2, 0.25) is 0 Å². The molecule has 0 atom stereocenters. The molecule has 0 fully saturated rings. The van der Waals surface area contributed by atoms with E-state index in [-0.39, 0.29) is 0 Å². The van der Waals surface area contributed by atoms with Gasteiger partial charge >= 0.3 is 0 Å². The average Bonchev–Trinajstić information content (AvgIpc) is 4.46. The minimum absolute atomic E-state index is 0.759. The molecule has 0 spiro atoms. The van der Waals surface area contributed by atoms with Crippen LogP contribution in [-0.2, 0) is 35.2 Å². The molecule has 0 N–H and O–H groups in total. The van der Waals surface area contributed by atoms with Crippen LogP contribution in [0.25, 0.3) is 43.7 Å². The predicted molar refractivity (Wildman–Crippen MR) is 313 cm³/mol. The number of hydrogen-bond acceptors (Lipinski definition) is 18. The Bertz CT molecular complexity index is 3480. The first-order valence-electron chi connectivity index (χ1n) is 25.0. The molecule has 0 aliphatic rings. The minimum Gasteiger partial charge on any atom is -0.351 e. The van der Waals surface area contributed by atoms with Gasteiger partial charge in [-0.1, -0.05) is 66.7 Å². The molecule has 0 saturated carbocycles. The standard InChI is InChI=1S/C10H9N.C9H9N.2C8H8N2.C6H7N.C5H6N2.2C4H5N3.2C2H4N4/c1-8-6-9-4-2-3-5-10(9)11-7-8;1-10-7-6-8-4-2-3-5-9(8)10;1-10-6-9-7-4-2-3-5-8(7)10;1-10-8-5-3-2-4-7(8)6-9-10;1-6-2-4-7-5-3-6;1-5-2-3-6-4-7-5;1-4-6-2-5-3-7-4;1-4-2-6-7-3-5-4;1-6-2-3-4-5-6;1-6-4-2-3-5-6/h2-7H,1H3;2-7H,1H3;2*2-6H,1H3;2-5H,1H3;2-4H,1H3;2*2-3H,1H3;2*2H,1H3. The molecule has 23 heteroatoms. The van der Waals surface area contributed by atoms with Gasteiger partial charge in [0.1, 0.15) is 37.5 Å². The molecule has 0 unspecified atom stereocenters. The summed E-state index contributed by atoms with van der Waals surface area (Å²) in [6, 6.07) is 42.8. The Balaban J connectivity index is 0.000000166. The number of benzene rings is 4. The predicted octanol–water partition coefficient (Wildman–Crippen LogP) is 8.82. The van der Waals surface area contributed by atoms with Gasteiger partial charge < -0.3 is 9.13 Å². The van der Waals surface area contributed by atoms with E-state index < -0.39 is 0 Å². The third-order valence-corrected chi connectivity index (χ3v) is 10.5. The number of fused-ring (bicyclic) bond motifs is 4. The van der Waals surface area contributed by atoms with Gasteiger partial charge in [-0.05, 0) is 127 Å². The first-order chi connectivity index (χ1) is 39.4. The van der Waals surface area contributed by atoms with Crippen molar-refractivity contribution in [2.75, 3.05) is 0 Å². The highest BCUT2D eigenvalue weighted by atomic mass is 15.6. The van der Waals surface area contributed by atoms with Crippen molar-refractivity contribution in [3.8, 4) is 0 Å². The molecule has 10 aromatic heterocycles. The molecule has 14 rings (SSSR count). The van der Waals surface area contributed by atoms with Crippen molar-refractivity contribution in [1.29, 1.82) is 0 Å². The van der Waals surface area contributed by atoms with Crippen LogP contribution in [0.4, 0.5) is 0 Å². The summed E-state index contributed by atoms with van der Waals surface area (Å²) >= 11 is 0. The highest BCUT2D eigenvalue weighted by molar-refractivity contribution is 5.80. The zero-order valence-electron chi connectivity index (χ0n) is 47.0. The van der Waals surface area contributed by atoms with Crippen LogP contribution in [-0.4, -0.2) is 114 Å². The molecule has 4 aromatic carbocycles. The minimum atomic E-state index is 0.759. The quantitative estimate of drug-likeness (QED) is 0.137. The van der Waals surface area contributed by atoms with Crippen molar-refractivity contribution in [3.05, 3.63) is 243 Å². The van der Waals surface area contributed by atoms with Crippen molar-refractivity contribution < 1.29 is 0 Å². The van der Waals surface area contributed by atoms with Crippen LogP contribution in [0.3, 0.4) is 0 Å².